The van der Waals surface area contributed by atoms with Crippen LogP contribution in [0.25, 0.3) is 0 Å². The van der Waals surface area contributed by atoms with E-state index in [2.05, 4.69) is 21.2 Å². The summed E-state index contributed by atoms with van der Waals surface area (Å²) in [5, 5.41) is 9.62. The summed E-state index contributed by atoms with van der Waals surface area (Å²) in [6.07, 6.45) is 1.31. The number of hydrogen-bond donors (Lipinski definition) is 3. The topological polar surface area (TPSA) is 109 Å². The molecular formula is C24H20Cl2N4O4. The maximum Gasteiger partial charge on any atom is 0.329 e. The van der Waals surface area contributed by atoms with E-state index >= 15 is 0 Å². The number of para-hydroxylation sites is 1. The summed E-state index contributed by atoms with van der Waals surface area (Å²) in [6, 6.07) is 18.5. The normalized spacial score (nSPS) is 10.6. The molecule has 0 aliphatic carbocycles. The second-order valence-electron chi connectivity index (χ2n) is 7.02. The molecule has 0 heterocycles. The highest BCUT2D eigenvalue weighted by Crippen LogP contribution is 2.25. The van der Waals surface area contributed by atoms with Gasteiger partial charge in [0.1, 0.15) is 5.75 Å². The number of nitrogens with zero attached hydrogens (tertiary/aromatic N) is 1. The average Bonchev–Trinajstić information content (AvgIpc) is 2.82. The Labute approximate surface area is 205 Å². The summed E-state index contributed by atoms with van der Waals surface area (Å²) < 4.78 is 5.56. The third-order valence-corrected chi connectivity index (χ3v) is 5.11. The Morgan fingerprint density at radius 2 is 1.59 bits per heavy atom. The number of halogens is 2. The summed E-state index contributed by atoms with van der Waals surface area (Å²) in [5.41, 5.74) is 4.64. The lowest BCUT2D eigenvalue weighted by atomic mass is 10.2. The molecule has 0 aliphatic heterocycles. The van der Waals surface area contributed by atoms with Crippen LogP contribution in [0, 0.1) is 6.92 Å². The Morgan fingerprint density at radius 1 is 0.882 bits per heavy atom. The summed E-state index contributed by atoms with van der Waals surface area (Å²) in [7, 11) is 0. The van der Waals surface area contributed by atoms with Crippen molar-refractivity contribution in [2.24, 2.45) is 5.10 Å². The number of hydrogen-bond acceptors (Lipinski definition) is 5. The second kappa shape index (κ2) is 11.8. The number of benzene rings is 3. The van der Waals surface area contributed by atoms with Crippen molar-refractivity contribution in [2.75, 3.05) is 17.2 Å². The lowest BCUT2D eigenvalue weighted by molar-refractivity contribution is -0.136. The Bertz CT molecular complexity index is 1230. The van der Waals surface area contributed by atoms with Gasteiger partial charge in [0.2, 0.25) is 0 Å². The van der Waals surface area contributed by atoms with Crippen molar-refractivity contribution in [3.05, 3.63) is 87.9 Å². The van der Waals surface area contributed by atoms with E-state index in [9.17, 15) is 14.4 Å². The van der Waals surface area contributed by atoms with Crippen LogP contribution in [-0.2, 0) is 14.4 Å². The van der Waals surface area contributed by atoms with E-state index in [1.165, 1.54) is 12.3 Å². The van der Waals surface area contributed by atoms with Crippen molar-refractivity contribution < 1.29 is 19.1 Å². The van der Waals surface area contributed by atoms with E-state index in [4.69, 9.17) is 27.9 Å². The van der Waals surface area contributed by atoms with Crippen molar-refractivity contribution in [3.63, 3.8) is 0 Å². The van der Waals surface area contributed by atoms with Crippen molar-refractivity contribution in [1.82, 2.24) is 5.43 Å². The van der Waals surface area contributed by atoms with Crippen LogP contribution in [0.1, 0.15) is 11.1 Å². The Balaban J connectivity index is 1.53. The molecule has 3 amide bonds. The van der Waals surface area contributed by atoms with Gasteiger partial charge in [0.25, 0.3) is 5.91 Å². The van der Waals surface area contributed by atoms with Gasteiger partial charge in [0.05, 0.1) is 16.3 Å². The van der Waals surface area contributed by atoms with Gasteiger partial charge in [-0.1, -0.05) is 53.0 Å². The van der Waals surface area contributed by atoms with Gasteiger partial charge in [0.15, 0.2) is 6.61 Å². The first-order valence-corrected chi connectivity index (χ1v) is 10.7. The largest absolute Gasteiger partial charge is 0.483 e. The highest BCUT2D eigenvalue weighted by Gasteiger charge is 2.13. The lowest BCUT2D eigenvalue weighted by Gasteiger charge is -2.10. The SMILES string of the molecule is Cc1ccc(NC(=O)C(=O)N/N=C\c2ccccc2OCC(=O)Nc2ccc(Cl)c(Cl)c2)cc1. The summed E-state index contributed by atoms with van der Waals surface area (Å²) in [6.45, 7) is 1.63. The molecule has 0 radical (unpaired) electrons. The van der Waals surface area contributed by atoms with Crippen LogP contribution in [0.3, 0.4) is 0 Å². The molecule has 3 aromatic carbocycles. The lowest BCUT2D eigenvalue weighted by Crippen LogP contribution is -2.32. The van der Waals surface area contributed by atoms with E-state index in [1.807, 2.05) is 19.1 Å². The predicted octanol–water partition coefficient (Wildman–Crippen LogP) is 4.41. The number of anilines is 2. The predicted molar refractivity (Wildman–Crippen MR) is 133 cm³/mol. The van der Waals surface area contributed by atoms with E-state index in [0.717, 1.165) is 5.56 Å². The molecule has 174 valence electrons. The molecule has 0 saturated heterocycles. The fourth-order valence-electron chi connectivity index (χ4n) is 2.67. The van der Waals surface area contributed by atoms with Crippen LogP contribution >= 0.6 is 23.2 Å². The molecule has 0 fully saturated rings. The molecule has 3 aromatic rings. The number of carbonyl (C=O) groups excluding carboxylic acids is 3. The number of carbonyl (C=O) groups is 3. The van der Waals surface area contributed by atoms with E-state index in [1.54, 1.807) is 48.5 Å². The molecular weight excluding hydrogens is 479 g/mol. The van der Waals surface area contributed by atoms with Gasteiger partial charge in [-0.2, -0.15) is 5.10 Å². The molecule has 10 heteroatoms. The molecule has 3 N–H and O–H groups in total. The van der Waals surface area contributed by atoms with Gasteiger partial charge in [-0.25, -0.2) is 5.43 Å². The van der Waals surface area contributed by atoms with Crippen molar-refractivity contribution in [1.29, 1.82) is 0 Å². The maximum absolute atomic E-state index is 12.2. The van der Waals surface area contributed by atoms with E-state index in [-0.39, 0.29) is 6.61 Å². The maximum atomic E-state index is 12.2. The Morgan fingerprint density at radius 3 is 2.32 bits per heavy atom. The van der Waals surface area contributed by atoms with Gasteiger partial charge in [-0.05, 0) is 49.4 Å². The molecule has 8 nitrogen and oxygen atoms in total. The molecule has 0 bridgehead atoms. The van der Waals surface area contributed by atoms with Gasteiger partial charge < -0.3 is 15.4 Å². The van der Waals surface area contributed by atoms with E-state index in [0.29, 0.717) is 32.7 Å². The zero-order valence-corrected chi connectivity index (χ0v) is 19.5. The number of rotatable bonds is 7. The van der Waals surface area contributed by atoms with Gasteiger partial charge in [-0.3, -0.25) is 14.4 Å². The molecule has 0 aromatic heterocycles. The first-order valence-electron chi connectivity index (χ1n) is 9.99. The molecule has 0 saturated carbocycles. The fourth-order valence-corrected chi connectivity index (χ4v) is 2.97. The van der Waals surface area contributed by atoms with Crippen LogP contribution in [0.4, 0.5) is 11.4 Å². The van der Waals surface area contributed by atoms with Crippen molar-refractivity contribution >= 4 is 58.5 Å². The van der Waals surface area contributed by atoms with Crippen LogP contribution in [0.15, 0.2) is 71.8 Å². The minimum Gasteiger partial charge on any atom is -0.483 e. The number of hydrazone groups is 1. The number of amides is 3. The second-order valence-corrected chi connectivity index (χ2v) is 7.84. The summed E-state index contributed by atoms with van der Waals surface area (Å²) in [4.78, 5) is 36.2. The van der Waals surface area contributed by atoms with E-state index < -0.39 is 17.7 Å². The smallest absolute Gasteiger partial charge is 0.329 e. The standard InChI is InChI=1S/C24H20Cl2N4O4/c1-15-6-8-17(9-7-15)29-23(32)24(33)30-27-13-16-4-2-3-5-21(16)34-14-22(31)28-18-10-11-19(25)20(26)12-18/h2-13H,14H2,1H3,(H,28,31)(H,29,32)(H,30,33)/b27-13-. The van der Waals surface area contributed by atoms with Crippen LogP contribution in [-0.4, -0.2) is 30.5 Å². The molecule has 0 unspecified atom stereocenters. The first-order chi connectivity index (χ1) is 16.3. The highest BCUT2D eigenvalue weighted by molar-refractivity contribution is 6.42. The van der Waals surface area contributed by atoms with Gasteiger partial charge in [-0.15, -0.1) is 0 Å². The zero-order chi connectivity index (χ0) is 24.5. The van der Waals surface area contributed by atoms with Crippen molar-refractivity contribution in [3.8, 4) is 5.75 Å². The molecule has 0 aliphatic rings. The third-order valence-electron chi connectivity index (χ3n) is 4.37. The Kier molecular flexibility index (Phi) is 8.61. The molecule has 0 spiro atoms. The Hall–Kier alpha value is -3.88. The number of ether oxygens (including phenoxy) is 1. The molecule has 0 atom stereocenters. The minimum absolute atomic E-state index is 0.281. The van der Waals surface area contributed by atoms with Crippen molar-refractivity contribution in [2.45, 2.75) is 6.92 Å². The summed E-state index contributed by atoms with van der Waals surface area (Å²) in [5.74, 6) is -1.85. The monoisotopic (exact) mass is 498 g/mol. The number of nitrogens with one attached hydrogen (secondary N) is 3. The zero-order valence-electron chi connectivity index (χ0n) is 18.0. The third kappa shape index (κ3) is 7.33. The summed E-state index contributed by atoms with van der Waals surface area (Å²) >= 11 is 11.8. The van der Waals surface area contributed by atoms with Crippen LogP contribution in [0.2, 0.25) is 10.0 Å². The van der Waals surface area contributed by atoms with Gasteiger partial charge in [0, 0.05) is 16.9 Å². The molecule has 3 rings (SSSR count). The fraction of sp³-hybridized carbons (Fsp3) is 0.0833. The minimum atomic E-state index is -0.934. The highest BCUT2D eigenvalue weighted by atomic mass is 35.5. The van der Waals surface area contributed by atoms with Gasteiger partial charge >= 0.3 is 11.8 Å². The molecule has 34 heavy (non-hydrogen) atoms. The van der Waals surface area contributed by atoms with Crippen LogP contribution < -0.4 is 20.8 Å². The van der Waals surface area contributed by atoms with Crippen LogP contribution in [0.5, 0.6) is 5.75 Å². The first kappa shape index (κ1) is 24.8. The number of aryl methyl sites for hydroxylation is 1. The quantitative estimate of drug-likeness (QED) is 0.254. The average molecular weight is 499 g/mol.